The third-order valence-corrected chi connectivity index (χ3v) is 5.32. The highest BCUT2D eigenvalue weighted by atomic mass is 32.2. The number of nitrogens with zero attached hydrogens (tertiary/aromatic N) is 2. The van der Waals surface area contributed by atoms with E-state index in [4.69, 9.17) is 5.73 Å². The highest BCUT2D eigenvalue weighted by Gasteiger charge is 2.36. The Labute approximate surface area is 114 Å². The maximum atomic E-state index is 6.12. The minimum Gasteiger partial charge on any atom is -0.394 e. The fourth-order valence-corrected chi connectivity index (χ4v) is 3.29. The van der Waals surface area contributed by atoms with Crippen LogP contribution in [0.15, 0.2) is 0 Å². The zero-order valence-electron chi connectivity index (χ0n) is 11.8. The summed E-state index contributed by atoms with van der Waals surface area (Å²) in [6.45, 7) is 7.21. The van der Waals surface area contributed by atoms with Gasteiger partial charge in [-0.2, -0.15) is 16.9 Å². The molecule has 2 rings (SSSR count). The van der Waals surface area contributed by atoms with Crippen molar-refractivity contribution in [2.75, 3.05) is 23.9 Å². The lowest BCUT2D eigenvalue weighted by molar-refractivity contribution is 0.378. The number of hydrogen-bond donors (Lipinski definition) is 2. The number of nitrogens with two attached hydrogens (primary N) is 1. The third kappa shape index (κ3) is 2.32. The number of anilines is 2. The minimum atomic E-state index is 0.329. The van der Waals surface area contributed by atoms with Crippen molar-refractivity contribution < 1.29 is 0 Å². The Kier molecular flexibility index (Phi) is 3.80. The number of nitrogens with one attached hydrogen (secondary N) is 1. The average Bonchev–Trinajstić information content (AvgIpc) is 2.56. The molecule has 0 aliphatic heterocycles. The number of hydrogen-bond acceptors (Lipinski definition) is 4. The van der Waals surface area contributed by atoms with Crippen molar-refractivity contribution in [2.45, 2.75) is 50.8 Å². The maximum Gasteiger partial charge on any atom is 0.148 e. The molecular weight excluding hydrogens is 244 g/mol. The summed E-state index contributed by atoms with van der Waals surface area (Å²) in [7, 11) is 0. The van der Waals surface area contributed by atoms with Gasteiger partial charge in [-0.1, -0.05) is 6.42 Å². The van der Waals surface area contributed by atoms with Crippen molar-refractivity contribution in [3.63, 3.8) is 0 Å². The monoisotopic (exact) mass is 268 g/mol. The Morgan fingerprint density at radius 2 is 2.17 bits per heavy atom. The van der Waals surface area contributed by atoms with E-state index < -0.39 is 0 Å². The smallest absolute Gasteiger partial charge is 0.148 e. The van der Waals surface area contributed by atoms with Gasteiger partial charge in [-0.3, -0.25) is 0 Å². The van der Waals surface area contributed by atoms with E-state index >= 15 is 0 Å². The molecule has 5 heteroatoms. The summed E-state index contributed by atoms with van der Waals surface area (Å²) in [5.74, 6) is 0.989. The highest BCUT2D eigenvalue weighted by Crippen LogP contribution is 2.43. The second kappa shape index (κ2) is 5.03. The zero-order valence-corrected chi connectivity index (χ0v) is 12.6. The summed E-state index contributed by atoms with van der Waals surface area (Å²) in [5.41, 5.74) is 7.82. The molecule has 0 atom stereocenters. The highest BCUT2D eigenvalue weighted by molar-refractivity contribution is 8.00. The van der Waals surface area contributed by atoms with Gasteiger partial charge in [-0.15, -0.1) is 0 Å². The summed E-state index contributed by atoms with van der Waals surface area (Å²) >= 11 is 1.97. The van der Waals surface area contributed by atoms with E-state index in [0.29, 0.717) is 10.8 Å². The van der Waals surface area contributed by atoms with Gasteiger partial charge >= 0.3 is 0 Å². The molecule has 1 aliphatic rings. The van der Waals surface area contributed by atoms with Crippen LogP contribution in [0.5, 0.6) is 0 Å². The summed E-state index contributed by atoms with van der Waals surface area (Å²) in [5, 5.41) is 8.03. The van der Waals surface area contributed by atoms with Gasteiger partial charge in [-0.05, 0) is 39.9 Å². The lowest BCUT2D eigenvalue weighted by Crippen LogP contribution is -2.40. The van der Waals surface area contributed by atoms with Gasteiger partial charge in [0.25, 0.3) is 0 Å². The van der Waals surface area contributed by atoms with Crippen molar-refractivity contribution in [1.82, 2.24) is 9.78 Å². The molecule has 0 radical (unpaired) electrons. The van der Waals surface area contributed by atoms with Crippen LogP contribution in [0, 0.1) is 6.92 Å². The van der Waals surface area contributed by atoms with Gasteiger partial charge in [0, 0.05) is 17.3 Å². The molecule has 1 saturated carbocycles. The second-order valence-corrected chi connectivity index (χ2v) is 6.75. The molecule has 0 aromatic carbocycles. The van der Waals surface area contributed by atoms with Crippen LogP contribution in [0.25, 0.3) is 0 Å². The van der Waals surface area contributed by atoms with Gasteiger partial charge < -0.3 is 11.1 Å². The molecule has 1 aliphatic carbocycles. The number of nitrogen functional groups attached to an aromatic ring is 1. The SMILES string of the molecule is CSC1(CNc2c(N)c(C)nn2C(C)C)CCC1. The van der Waals surface area contributed by atoms with Gasteiger partial charge in [0.05, 0.1) is 11.4 Å². The third-order valence-electron chi connectivity index (χ3n) is 3.90. The van der Waals surface area contributed by atoms with Crippen LogP contribution < -0.4 is 11.1 Å². The molecule has 1 heterocycles. The van der Waals surface area contributed by atoms with E-state index in [1.165, 1.54) is 19.3 Å². The molecule has 1 aromatic heterocycles. The Balaban J connectivity index is 2.13. The minimum absolute atomic E-state index is 0.329. The first-order valence-corrected chi connectivity index (χ1v) is 7.85. The molecule has 1 fully saturated rings. The molecule has 18 heavy (non-hydrogen) atoms. The van der Waals surface area contributed by atoms with Crippen LogP contribution in [0.2, 0.25) is 0 Å². The van der Waals surface area contributed by atoms with Crippen molar-refractivity contribution in [3.8, 4) is 0 Å². The summed E-state index contributed by atoms with van der Waals surface area (Å²) in [6.07, 6.45) is 6.15. The van der Waals surface area contributed by atoms with E-state index in [1.807, 2.05) is 23.4 Å². The first kappa shape index (κ1) is 13.6. The molecule has 102 valence electrons. The number of aromatic nitrogens is 2. The van der Waals surface area contributed by atoms with E-state index in [-0.39, 0.29) is 0 Å². The summed E-state index contributed by atoms with van der Waals surface area (Å²) in [4.78, 5) is 0. The van der Waals surface area contributed by atoms with Crippen LogP contribution in [-0.2, 0) is 0 Å². The molecule has 0 saturated heterocycles. The van der Waals surface area contributed by atoms with Crippen molar-refractivity contribution >= 4 is 23.3 Å². The first-order valence-electron chi connectivity index (χ1n) is 6.63. The van der Waals surface area contributed by atoms with E-state index in [2.05, 4.69) is 30.5 Å². The Morgan fingerprint density at radius 1 is 1.50 bits per heavy atom. The van der Waals surface area contributed by atoms with Crippen LogP contribution in [-0.4, -0.2) is 27.3 Å². The fourth-order valence-electron chi connectivity index (χ4n) is 2.38. The van der Waals surface area contributed by atoms with Crippen LogP contribution >= 0.6 is 11.8 Å². The first-order chi connectivity index (χ1) is 8.49. The molecule has 0 amide bonds. The van der Waals surface area contributed by atoms with Crippen molar-refractivity contribution in [3.05, 3.63) is 5.69 Å². The molecule has 4 nitrogen and oxygen atoms in total. The molecule has 3 N–H and O–H groups in total. The van der Waals surface area contributed by atoms with Crippen LogP contribution in [0.3, 0.4) is 0 Å². The Morgan fingerprint density at radius 3 is 2.61 bits per heavy atom. The van der Waals surface area contributed by atoms with Gasteiger partial charge in [-0.25, -0.2) is 4.68 Å². The normalized spacial score (nSPS) is 17.8. The zero-order chi connectivity index (χ0) is 13.3. The molecule has 0 bridgehead atoms. The topological polar surface area (TPSA) is 55.9 Å². The summed E-state index contributed by atoms with van der Waals surface area (Å²) in [6, 6.07) is 0.329. The Hall–Kier alpha value is -0.840. The van der Waals surface area contributed by atoms with Gasteiger partial charge in [0.2, 0.25) is 0 Å². The fraction of sp³-hybridized carbons (Fsp3) is 0.769. The molecular formula is C13H24N4S. The largest absolute Gasteiger partial charge is 0.394 e. The number of rotatable bonds is 5. The van der Waals surface area contributed by atoms with E-state index in [9.17, 15) is 0 Å². The van der Waals surface area contributed by atoms with Gasteiger partial charge in [0.1, 0.15) is 5.82 Å². The van der Waals surface area contributed by atoms with Gasteiger partial charge in [0.15, 0.2) is 0 Å². The molecule has 0 unspecified atom stereocenters. The number of aryl methyl sites for hydroxylation is 1. The average molecular weight is 268 g/mol. The Bertz CT molecular complexity index is 415. The lowest BCUT2D eigenvalue weighted by atomic mass is 9.84. The van der Waals surface area contributed by atoms with E-state index in [1.54, 1.807) is 0 Å². The van der Waals surface area contributed by atoms with Crippen LogP contribution in [0.4, 0.5) is 11.5 Å². The standard InChI is InChI=1S/C13H24N4S/c1-9(2)17-12(11(14)10(3)16-17)15-8-13(18-4)6-5-7-13/h9,15H,5-8,14H2,1-4H3. The lowest BCUT2D eigenvalue weighted by Gasteiger charge is -2.40. The molecule has 0 spiro atoms. The quantitative estimate of drug-likeness (QED) is 0.862. The second-order valence-electron chi connectivity index (χ2n) is 5.48. The summed E-state index contributed by atoms with van der Waals surface area (Å²) < 4.78 is 2.41. The predicted octanol–water partition coefficient (Wildman–Crippen LogP) is 3.05. The molecule has 1 aromatic rings. The van der Waals surface area contributed by atoms with E-state index in [0.717, 1.165) is 23.7 Å². The predicted molar refractivity (Wildman–Crippen MR) is 80.3 cm³/mol. The maximum absolute atomic E-state index is 6.12. The van der Waals surface area contributed by atoms with Crippen molar-refractivity contribution in [2.24, 2.45) is 0 Å². The number of thioether (sulfide) groups is 1. The van der Waals surface area contributed by atoms with Crippen molar-refractivity contribution in [1.29, 1.82) is 0 Å². The van der Waals surface area contributed by atoms with Crippen LogP contribution in [0.1, 0.15) is 44.8 Å².